The average molecular weight is 521 g/mol. The number of aliphatic imine (C=N–C) groups is 2. The molecule has 0 aliphatic carbocycles. The zero-order chi connectivity index (χ0) is 27.0. The number of nitrogens with zero attached hydrogens (tertiary/aromatic N) is 2. The van der Waals surface area contributed by atoms with Crippen LogP contribution in [0.1, 0.15) is 25.7 Å². The molecule has 0 radical (unpaired) electrons. The lowest BCUT2D eigenvalue weighted by molar-refractivity contribution is -0.142. The van der Waals surface area contributed by atoms with Crippen molar-refractivity contribution in [1.82, 2.24) is 16.0 Å². The maximum atomic E-state index is 12.8. The Morgan fingerprint density at radius 1 is 0.771 bits per heavy atom. The first-order chi connectivity index (χ1) is 16.4. The van der Waals surface area contributed by atoms with Crippen LogP contribution in [0.15, 0.2) is 9.98 Å². The molecule has 0 aromatic carbocycles. The molecule has 0 aliphatic rings. The minimum atomic E-state index is -1.41. The molecule has 0 fully saturated rings. The Hall–Kier alpha value is -3.31. The lowest BCUT2D eigenvalue weighted by atomic mass is 10.1. The predicted octanol–water partition coefficient (Wildman–Crippen LogP) is -5.12. The number of rotatable bonds is 17. The maximum Gasteiger partial charge on any atom is 0.326 e. The van der Waals surface area contributed by atoms with Gasteiger partial charge >= 0.3 is 5.97 Å². The van der Waals surface area contributed by atoms with Gasteiger partial charge < -0.3 is 54.8 Å². The van der Waals surface area contributed by atoms with E-state index in [-0.39, 0.29) is 56.4 Å². The van der Waals surface area contributed by atoms with Crippen molar-refractivity contribution in [2.24, 2.45) is 38.7 Å². The summed E-state index contributed by atoms with van der Waals surface area (Å²) in [6.07, 6.45) is 0.556. The van der Waals surface area contributed by atoms with Crippen molar-refractivity contribution in [2.75, 3.05) is 25.4 Å². The van der Waals surface area contributed by atoms with E-state index in [4.69, 9.17) is 28.7 Å². The number of nitrogens with two attached hydrogens (primary N) is 5. The number of thiol groups is 1. The molecule has 4 unspecified atom stereocenters. The number of aliphatic hydroxyl groups excluding tert-OH is 1. The molecule has 0 bridgehead atoms. The number of hydrogen-bond acceptors (Lipinski definition) is 9. The summed E-state index contributed by atoms with van der Waals surface area (Å²) in [6.45, 7) is -0.478. The first-order valence-corrected chi connectivity index (χ1v) is 11.3. The molecule has 3 amide bonds. The van der Waals surface area contributed by atoms with Crippen molar-refractivity contribution in [2.45, 2.75) is 49.9 Å². The average Bonchev–Trinajstić information content (AvgIpc) is 2.79. The smallest absolute Gasteiger partial charge is 0.326 e. The second-order valence-electron chi connectivity index (χ2n) is 7.39. The van der Waals surface area contributed by atoms with Gasteiger partial charge in [-0.05, 0) is 25.7 Å². The summed E-state index contributed by atoms with van der Waals surface area (Å²) in [6, 6.07) is -4.93. The first kappa shape index (κ1) is 31.7. The van der Waals surface area contributed by atoms with E-state index < -0.39 is 54.5 Å². The Balaban J connectivity index is 5.38. The fourth-order valence-corrected chi connectivity index (χ4v) is 2.80. The molecule has 0 aliphatic heterocycles. The van der Waals surface area contributed by atoms with Crippen molar-refractivity contribution in [1.29, 1.82) is 0 Å². The molecule has 0 saturated heterocycles. The van der Waals surface area contributed by atoms with Crippen molar-refractivity contribution >= 4 is 48.2 Å². The van der Waals surface area contributed by atoms with Crippen molar-refractivity contribution in [3.63, 3.8) is 0 Å². The second kappa shape index (κ2) is 17.2. The number of guanidine groups is 2. The van der Waals surface area contributed by atoms with Gasteiger partial charge in [-0.1, -0.05) is 0 Å². The van der Waals surface area contributed by atoms with Crippen LogP contribution in [0.5, 0.6) is 0 Å². The zero-order valence-electron chi connectivity index (χ0n) is 19.2. The standard InChI is InChI=1S/C18H36N10O6S/c19-9(8-35)13(30)28-12(7-29)15(32)26-10(3-1-5-24-17(20)21)14(31)27-11(16(33)34)4-2-6-25-18(22)23/h9-12,29,35H,1-8,19H2,(H,26,32)(H,27,31)(H,28,30)(H,33,34)(H4,20,21,24)(H4,22,23,25). The third kappa shape index (κ3) is 13.9. The normalized spacial score (nSPS) is 13.9. The Bertz CT molecular complexity index is 773. The Kier molecular flexibility index (Phi) is 15.5. The van der Waals surface area contributed by atoms with Gasteiger partial charge in [0.15, 0.2) is 11.9 Å². The van der Waals surface area contributed by atoms with E-state index in [2.05, 4.69) is 38.6 Å². The Labute approximate surface area is 207 Å². The van der Waals surface area contributed by atoms with Gasteiger partial charge in [-0.25, -0.2) is 4.79 Å². The van der Waals surface area contributed by atoms with Crippen LogP contribution < -0.4 is 44.6 Å². The molecule has 0 spiro atoms. The van der Waals surface area contributed by atoms with Gasteiger partial charge in [0.25, 0.3) is 0 Å². The lowest BCUT2D eigenvalue weighted by Gasteiger charge is -2.24. The Morgan fingerprint density at radius 2 is 1.20 bits per heavy atom. The van der Waals surface area contributed by atoms with Crippen molar-refractivity contribution in [3.8, 4) is 0 Å². The summed E-state index contributed by atoms with van der Waals surface area (Å²) in [4.78, 5) is 56.5. The molecule has 15 N–H and O–H groups in total. The van der Waals surface area contributed by atoms with E-state index in [0.29, 0.717) is 0 Å². The monoisotopic (exact) mass is 520 g/mol. The molecular formula is C18H36N10O6S. The van der Waals surface area contributed by atoms with Crippen LogP contribution in [-0.4, -0.2) is 95.4 Å². The van der Waals surface area contributed by atoms with Crippen LogP contribution in [0, 0.1) is 0 Å². The number of aliphatic carboxylic acids is 1. The summed E-state index contributed by atoms with van der Waals surface area (Å²) in [5, 5.41) is 26.0. The molecule has 0 aromatic heterocycles. The predicted molar refractivity (Wildman–Crippen MR) is 132 cm³/mol. The first-order valence-electron chi connectivity index (χ1n) is 10.6. The molecule has 0 rings (SSSR count). The van der Waals surface area contributed by atoms with Crippen LogP contribution in [0.3, 0.4) is 0 Å². The number of carboxylic acid groups (broad SMARTS) is 1. The lowest BCUT2D eigenvalue weighted by Crippen LogP contribution is -2.58. The summed E-state index contributed by atoms with van der Waals surface area (Å²) >= 11 is 3.89. The highest BCUT2D eigenvalue weighted by Gasteiger charge is 2.29. The van der Waals surface area contributed by atoms with Crippen LogP contribution >= 0.6 is 12.6 Å². The van der Waals surface area contributed by atoms with Gasteiger partial charge in [0, 0.05) is 18.8 Å². The summed E-state index contributed by atoms with van der Waals surface area (Å²) in [5.74, 6) is -4.01. The number of hydrogen-bond donors (Lipinski definition) is 11. The zero-order valence-corrected chi connectivity index (χ0v) is 20.1. The molecule has 17 heteroatoms. The van der Waals surface area contributed by atoms with Gasteiger partial charge in [0.1, 0.15) is 18.1 Å². The fraction of sp³-hybridized carbons (Fsp3) is 0.667. The van der Waals surface area contributed by atoms with Crippen molar-refractivity contribution < 1.29 is 29.4 Å². The minimum absolute atomic E-state index is 0.00118. The minimum Gasteiger partial charge on any atom is -0.480 e. The number of aliphatic hydroxyl groups is 1. The highest BCUT2D eigenvalue weighted by molar-refractivity contribution is 7.80. The summed E-state index contributed by atoms with van der Waals surface area (Å²) in [7, 11) is 0. The molecule has 200 valence electrons. The van der Waals surface area contributed by atoms with Crippen LogP contribution in [0.2, 0.25) is 0 Å². The van der Waals surface area contributed by atoms with Gasteiger partial charge in [0.2, 0.25) is 17.7 Å². The topological polar surface area (TPSA) is 300 Å². The van der Waals surface area contributed by atoms with E-state index in [1.807, 2.05) is 0 Å². The van der Waals surface area contributed by atoms with Crippen LogP contribution in [-0.2, 0) is 19.2 Å². The molecular weight excluding hydrogens is 484 g/mol. The molecule has 0 aromatic rings. The number of nitrogens with one attached hydrogen (secondary N) is 3. The Morgan fingerprint density at radius 3 is 1.63 bits per heavy atom. The maximum absolute atomic E-state index is 12.8. The molecule has 0 heterocycles. The van der Waals surface area contributed by atoms with Gasteiger partial charge in [-0.15, -0.1) is 0 Å². The third-order valence-corrected chi connectivity index (χ3v) is 4.88. The third-order valence-electron chi connectivity index (χ3n) is 4.49. The van der Waals surface area contributed by atoms with Gasteiger partial charge in [-0.2, -0.15) is 12.6 Å². The number of carboxylic acids is 1. The quantitative estimate of drug-likeness (QED) is 0.0373. The second-order valence-corrected chi connectivity index (χ2v) is 7.76. The van der Waals surface area contributed by atoms with Crippen molar-refractivity contribution in [3.05, 3.63) is 0 Å². The molecule has 4 atom stereocenters. The van der Waals surface area contributed by atoms with E-state index in [1.54, 1.807) is 0 Å². The summed E-state index contributed by atoms with van der Waals surface area (Å²) in [5.41, 5.74) is 26.5. The van der Waals surface area contributed by atoms with Crippen LogP contribution in [0.4, 0.5) is 0 Å². The SMILES string of the molecule is NC(N)=NCCCC(NC(=O)C(CCCN=C(N)N)NC(=O)C(CO)NC(=O)C(N)CS)C(=O)O. The number of carbonyl (C=O) groups is 4. The highest BCUT2D eigenvalue weighted by Crippen LogP contribution is 2.04. The number of amides is 3. The fourth-order valence-electron chi connectivity index (χ4n) is 2.63. The van der Waals surface area contributed by atoms with E-state index in [9.17, 15) is 29.4 Å². The number of carbonyl (C=O) groups excluding carboxylic acids is 3. The van der Waals surface area contributed by atoms with E-state index >= 15 is 0 Å². The van der Waals surface area contributed by atoms with Gasteiger partial charge in [-0.3, -0.25) is 24.4 Å². The van der Waals surface area contributed by atoms with E-state index in [0.717, 1.165) is 0 Å². The van der Waals surface area contributed by atoms with Crippen LogP contribution in [0.25, 0.3) is 0 Å². The molecule has 35 heavy (non-hydrogen) atoms. The largest absolute Gasteiger partial charge is 0.480 e. The molecule has 0 saturated carbocycles. The van der Waals surface area contributed by atoms with Gasteiger partial charge in [0.05, 0.1) is 12.6 Å². The molecule has 16 nitrogen and oxygen atoms in total. The highest BCUT2D eigenvalue weighted by atomic mass is 32.1. The van der Waals surface area contributed by atoms with E-state index in [1.165, 1.54) is 0 Å². The summed E-state index contributed by atoms with van der Waals surface area (Å²) < 4.78 is 0.